The van der Waals surface area contributed by atoms with Crippen LogP contribution in [0.1, 0.15) is 10.4 Å². The summed E-state index contributed by atoms with van der Waals surface area (Å²) in [6, 6.07) is 1.61. The Kier molecular flexibility index (Phi) is 3.57. The van der Waals surface area contributed by atoms with Gasteiger partial charge >= 0.3 is 6.18 Å². The van der Waals surface area contributed by atoms with E-state index in [1.54, 1.807) is 0 Å². The average Bonchev–Trinajstić information content (AvgIpc) is 2.16. The summed E-state index contributed by atoms with van der Waals surface area (Å²) >= 11 is 0.785. The average molecular weight is 256 g/mol. The van der Waals surface area contributed by atoms with Crippen LogP contribution in [0.15, 0.2) is 17.0 Å². The maximum Gasteiger partial charge on any atom is 0.455 e. The van der Waals surface area contributed by atoms with Gasteiger partial charge in [0.05, 0.1) is 5.56 Å². The van der Waals surface area contributed by atoms with E-state index >= 15 is 0 Å². The molecule has 0 saturated heterocycles. The molecule has 0 unspecified atom stereocenters. The Bertz CT molecular complexity index is 427. The van der Waals surface area contributed by atoms with Crippen LogP contribution in [-0.2, 0) is 0 Å². The topological polar surface area (TPSA) is 17.1 Å². The predicted octanol–water partition coefficient (Wildman–Crippen LogP) is 3.43. The Morgan fingerprint density at radius 3 is 2.25 bits per heavy atom. The lowest BCUT2D eigenvalue weighted by atomic mass is 10.1. The highest BCUT2D eigenvalue weighted by Crippen LogP contribution is 2.29. The zero-order chi connectivity index (χ0) is 12.5. The van der Waals surface area contributed by atoms with Crippen LogP contribution in [-0.4, -0.2) is 18.2 Å². The minimum Gasteiger partial charge on any atom is -0.284 e. The normalized spacial score (nSPS) is 11.6. The van der Waals surface area contributed by atoms with Crippen molar-refractivity contribution < 1.29 is 26.7 Å². The second-order valence-corrected chi connectivity index (χ2v) is 3.61. The third-order valence-corrected chi connectivity index (χ3v) is 2.52. The van der Waals surface area contributed by atoms with E-state index in [4.69, 9.17) is 0 Å². The molecule has 88 valence electrons. The van der Waals surface area contributed by atoms with Gasteiger partial charge in [-0.05, 0) is 18.4 Å². The van der Waals surface area contributed by atoms with Gasteiger partial charge < -0.3 is 0 Å². The Labute approximate surface area is 91.6 Å². The van der Waals surface area contributed by atoms with Crippen molar-refractivity contribution in [3.8, 4) is 0 Å². The summed E-state index contributed by atoms with van der Waals surface area (Å²) in [5.41, 5.74) is -1.56. The van der Waals surface area contributed by atoms with Crippen LogP contribution in [0, 0.1) is 11.6 Å². The number of carbonyl (C=O) groups excluding carboxylic acids is 1. The molecule has 0 aliphatic heterocycles. The first-order valence-corrected chi connectivity index (χ1v) is 5.15. The molecule has 0 heterocycles. The summed E-state index contributed by atoms with van der Waals surface area (Å²) in [4.78, 5) is 10.5. The molecule has 0 N–H and O–H groups in total. The van der Waals surface area contributed by atoms with Gasteiger partial charge in [-0.3, -0.25) is 4.79 Å². The van der Waals surface area contributed by atoms with Crippen molar-refractivity contribution in [3.05, 3.63) is 29.3 Å². The molecular formula is C9H5F5OS. The zero-order valence-electron chi connectivity index (χ0n) is 7.86. The van der Waals surface area contributed by atoms with E-state index in [2.05, 4.69) is 0 Å². The second kappa shape index (κ2) is 4.40. The van der Waals surface area contributed by atoms with E-state index in [0.29, 0.717) is 6.07 Å². The van der Waals surface area contributed by atoms with Gasteiger partial charge in [0.15, 0.2) is 5.82 Å². The van der Waals surface area contributed by atoms with E-state index < -0.39 is 29.2 Å². The SMILES string of the molecule is CSc1ccc(F)c(C(=O)C(F)(F)F)c1F. The first-order chi connectivity index (χ1) is 7.29. The maximum atomic E-state index is 13.3. The van der Waals surface area contributed by atoms with Gasteiger partial charge in [-0.15, -0.1) is 11.8 Å². The summed E-state index contributed by atoms with van der Waals surface area (Å²) < 4.78 is 62.4. The molecular weight excluding hydrogens is 251 g/mol. The molecule has 0 bridgehead atoms. The van der Waals surface area contributed by atoms with Gasteiger partial charge in [0, 0.05) is 4.90 Å². The second-order valence-electron chi connectivity index (χ2n) is 2.77. The number of hydrogen-bond acceptors (Lipinski definition) is 2. The lowest BCUT2D eigenvalue weighted by molar-refractivity contribution is -0.0890. The van der Waals surface area contributed by atoms with E-state index in [1.165, 1.54) is 6.26 Å². The Balaban J connectivity index is 3.38. The van der Waals surface area contributed by atoms with Crippen molar-refractivity contribution in [1.29, 1.82) is 0 Å². The molecule has 7 heteroatoms. The van der Waals surface area contributed by atoms with Crippen LogP contribution in [0.2, 0.25) is 0 Å². The molecule has 0 aliphatic rings. The predicted molar refractivity (Wildman–Crippen MR) is 48.5 cm³/mol. The van der Waals surface area contributed by atoms with Crippen LogP contribution in [0.3, 0.4) is 0 Å². The maximum absolute atomic E-state index is 13.3. The first-order valence-electron chi connectivity index (χ1n) is 3.92. The fourth-order valence-electron chi connectivity index (χ4n) is 1.04. The molecule has 1 aromatic carbocycles. The van der Waals surface area contributed by atoms with E-state index in [1.807, 2.05) is 0 Å². The largest absolute Gasteiger partial charge is 0.455 e. The van der Waals surface area contributed by atoms with E-state index in [9.17, 15) is 26.7 Å². The van der Waals surface area contributed by atoms with Crippen LogP contribution in [0.25, 0.3) is 0 Å². The smallest absolute Gasteiger partial charge is 0.284 e. The summed E-state index contributed by atoms with van der Waals surface area (Å²) in [6.45, 7) is 0. The van der Waals surface area contributed by atoms with Gasteiger partial charge in [-0.2, -0.15) is 13.2 Å². The van der Waals surface area contributed by atoms with Gasteiger partial charge in [-0.1, -0.05) is 0 Å². The van der Waals surface area contributed by atoms with E-state index in [-0.39, 0.29) is 4.90 Å². The molecule has 16 heavy (non-hydrogen) atoms. The zero-order valence-corrected chi connectivity index (χ0v) is 8.68. The molecule has 0 amide bonds. The molecule has 0 saturated carbocycles. The van der Waals surface area contributed by atoms with Crippen molar-refractivity contribution in [3.63, 3.8) is 0 Å². The fraction of sp³-hybridized carbons (Fsp3) is 0.222. The first kappa shape index (κ1) is 13.0. The summed E-state index contributed by atoms with van der Waals surface area (Å²) in [5.74, 6) is -5.51. The van der Waals surface area contributed by atoms with Gasteiger partial charge in [0.1, 0.15) is 5.82 Å². The molecule has 1 nitrogen and oxygen atoms in total. The number of carbonyl (C=O) groups is 1. The number of rotatable bonds is 2. The third kappa shape index (κ3) is 2.34. The third-order valence-electron chi connectivity index (χ3n) is 1.76. The lowest BCUT2D eigenvalue weighted by Gasteiger charge is -2.09. The molecule has 1 rings (SSSR count). The van der Waals surface area contributed by atoms with Crippen molar-refractivity contribution in [2.24, 2.45) is 0 Å². The lowest BCUT2D eigenvalue weighted by Crippen LogP contribution is -2.25. The number of ketones is 1. The number of Topliss-reactive ketones (excluding diaryl/α,β-unsaturated/α-hetero) is 1. The number of hydrogen-bond donors (Lipinski definition) is 0. The minimum atomic E-state index is -5.29. The molecule has 1 aromatic rings. The van der Waals surface area contributed by atoms with Crippen molar-refractivity contribution in [2.75, 3.05) is 6.26 Å². The van der Waals surface area contributed by atoms with Gasteiger partial charge in [-0.25, -0.2) is 8.78 Å². The Morgan fingerprint density at radius 1 is 1.25 bits per heavy atom. The van der Waals surface area contributed by atoms with Crippen LogP contribution >= 0.6 is 11.8 Å². The molecule has 0 radical (unpaired) electrons. The highest BCUT2D eigenvalue weighted by molar-refractivity contribution is 7.98. The molecule has 0 spiro atoms. The summed E-state index contributed by atoms with van der Waals surface area (Å²) in [5, 5.41) is 0. The van der Waals surface area contributed by atoms with Crippen molar-refractivity contribution in [2.45, 2.75) is 11.1 Å². The monoisotopic (exact) mass is 256 g/mol. The van der Waals surface area contributed by atoms with Crippen molar-refractivity contribution >= 4 is 17.5 Å². The van der Waals surface area contributed by atoms with Gasteiger partial charge in [0.25, 0.3) is 5.78 Å². The number of thioether (sulfide) groups is 1. The van der Waals surface area contributed by atoms with Crippen LogP contribution < -0.4 is 0 Å². The molecule has 0 aromatic heterocycles. The van der Waals surface area contributed by atoms with Crippen molar-refractivity contribution in [1.82, 2.24) is 0 Å². The fourth-order valence-corrected chi connectivity index (χ4v) is 1.53. The van der Waals surface area contributed by atoms with E-state index in [0.717, 1.165) is 17.8 Å². The minimum absolute atomic E-state index is 0.214. The number of benzene rings is 1. The number of alkyl halides is 3. The highest BCUT2D eigenvalue weighted by Gasteiger charge is 2.42. The molecule has 0 fully saturated rings. The highest BCUT2D eigenvalue weighted by atomic mass is 32.2. The van der Waals surface area contributed by atoms with Gasteiger partial charge in [0.2, 0.25) is 0 Å². The molecule has 0 atom stereocenters. The van der Waals surface area contributed by atoms with Crippen LogP contribution in [0.5, 0.6) is 0 Å². The quantitative estimate of drug-likeness (QED) is 0.458. The number of halogens is 5. The summed E-state index contributed by atoms with van der Waals surface area (Å²) in [6.07, 6.45) is -3.89. The standard InChI is InChI=1S/C9H5F5OS/c1-16-5-3-2-4(10)6(7(5)11)8(15)9(12,13)14/h2-3H,1H3. The van der Waals surface area contributed by atoms with Crippen LogP contribution in [0.4, 0.5) is 22.0 Å². The Morgan fingerprint density at radius 2 is 1.81 bits per heavy atom. The summed E-state index contributed by atoms with van der Waals surface area (Å²) in [7, 11) is 0. The Hall–Kier alpha value is -1.11. The molecule has 0 aliphatic carbocycles.